The minimum atomic E-state index is -1.19. The maximum Gasteiger partial charge on any atom is 0.424 e. The van der Waals surface area contributed by atoms with E-state index < -0.39 is 18.2 Å². The molecule has 0 heterocycles. The largest absolute Gasteiger partial charge is 0.449 e. The van der Waals surface area contributed by atoms with Gasteiger partial charge in [0.15, 0.2) is 0 Å². The van der Waals surface area contributed by atoms with Crippen molar-refractivity contribution in [3.63, 3.8) is 0 Å². The smallest absolute Gasteiger partial charge is 0.424 e. The van der Waals surface area contributed by atoms with Gasteiger partial charge in [-0.05, 0) is 6.92 Å². The zero-order valence-electron chi connectivity index (χ0n) is 7.03. The van der Waals surface area contributed by atoms with Crippen molar-refractivity contribution in [3.8, 4) is 0 Å². The molecule has 6 nitrogen and oxygen atoms in total. The Hall–Kier alpha value is -1.85. The van der Waals surface area contributed by atoms with Crippen molar-refractivity contribution >= 4 is 18.2 Å². The summed E-state index contributed by atoms with van der Waals surface area (Å²) in [7, 11) is 0. The number of imide groups is 1. The zero-order chi connectivity index (χ0) is 10.3. The number of nitrogens with one attached hydrogen (secondary N) is 1. The second-order valence-electron chi connectivity index (χ2n) is 1.76. The first-order valence-electron chi connectivity index (χ1n) is 3.42. The number of rotatable bonds is 2. The molecule has 0 aromatic rings. The third-order valence-electron chi connectivity index (χ3n) is 0.840. The Balaban J connectivity index is 3.80. The van der Waals surface area contributed by atoms with Gasteiger partial charge >= 0.3 is 18.2 Å². The number of esters is 1. The van der Waals surface area contributed by atoms with Gasteiger partial charge in [-0.3, -0.25) is 0 Å². The lowest BCUT2D eigenvalue weighted by Crippen LogP contribution is -2.32. The Bertz CT molecular complexity index is 235. The number of carbonyl (C=O) groups excluding carboxylic acids is 3. The van der Waals surface area contributed by atoms with Crippen LogP contribution < -0.4 is 5.32 Å². The van der Waals surface area contributed by atoms with Crippen LogP contribution in [0.5, 0.6) is 0 Å². The highest BCUT2D eigenvalue weighted by molar-refractivity contribution is 5.96. The Morgan fingerprint density at radius 1 is 1.38 bits per heavy atom. The molecule has 0 saturated heterocycles. The van der Waals surface area contributed by atoms with Crippen LogP contribution in [0, 0.1) is 0 Å². The Morgan fingerprint density at radius 2 is 2.00 bits per heavy atom. The minimum Gasteiger partial charge on any atom is -0.449 e. The first-order valence-corrected chi connectivity index (χ1v) is 3.42. The second-order valence-corrected chi connectivity index (χ2v) is 1.76. The van der Waals surface area contributed by atoms with Crippen molar-refractivity contribution in [3.05, 3.63) is 12.7 Å². The van der Waals surface area contributed by atoms with Crippen molar-refractivity contribution in [1.29, 1.82) is 0 Å². The lowest BCUT2D eigenvalue weighted by atomic mass is 10.7. The van der Waals surface area contributed by atoms with E-state index in [0.29, 0.717) is 0 Å². The van der Waals surface area contributed by atoms with Crippen molar-refractivity contribution < 1.29 is 23.9 Å². The van der Waals surface area contributed by atoms with E-state index in [9.17, 15) is 14.4 Å². The monoisotopic (exact) mass is 187 g/mol. The van der Waals surface area contributed by atoms with Crippen LogP contribution in [0.1, 0.15) is 6.92 Å². The Labute approximate surface area is 74.5 Å². The topological polar surface area (TPSA) is 81.7 Å². The molecule has 0 aliphatic heterocycles. The molecule has 2 amide bonds. The molecule has 0 saturated carbocycles. The number of hydrogen-bond donors (Lipinski definition) is 1. The Morgan fingerprint density at radius 3 is 2.46 bits per heavy atom. The summed E-state index contributed by atoms with van der Waals surface area (Å²) >= 11 is 0. The third-order valence-corrected chi connectivity index (χ3v) is 0.840. The minimum absolute atomic E-state index is 0.120. The molecule has 0 aliphatic rings. The molecule has 0 unspecified atom stereocenters. The van der Waals surface area contributed by atoms with Crippen LogP contribution in [0.15, 0.2) is 12.7 Å². The SMILES string of the molecule is C=CC(=O)OC(=O)NC(=O)OCC. The average Bonchev–Trinajstić information content (AvgIpc) is 2.04. The van der Waals surface area contributed by atoms with Gasteiger partial charge in [0.2, 0.25) is 0 Å². The van der Waals surface area contributed by atoms with Gasteiger partial charge in [-0.2, -0.15) is 0 Å². The van der Waals surface area contributed by atoms with Crippen molar-refractivity contribution in [2.75, 3.05) is 6.61 Å². The summed E-state index contributed by atoms with van der Waals surface area (Å²) in [6.07, 6.45) is -1.36. The molecule has 0 bridgehead atoms. The Kier molecular flexibility index (Phi) is 4.94. The van der Waals surface area contributed by atoms with Crippen LogP contribution in [0.3, 0.4) is 0 Å². The van der Waals surface area contributed by atoms with Gasteiger partial charge in [-0.1, -0.05) is 6.58 Å². The average molecular weight is 187 g/mol. The van der Waals surface area contributed by atoms with E-state index in [4.69, 9.17) is 0 Å². The van der Waals surface area contributed by atoms with Gasteiger partial charge in [0.05, 0.1) is 6.61 Å². The summed E-state index contributed by atoms with van der Waals surface area (Å²) in [5.74, 6) is -0.943. The van der Waals surface area contributed by atoms with Gasteiger partial charge in [0, 0.05) is 6.08 Å². The van der Waals surface area contributed by atoms with Gasteiger partial charge in [-0.25, -0.2) is 19.7 Å². The number of carbonyl (C=O) groups is 3. The predicted molar refractivity (Wildman–Crippen MR) is 41.8 cm³/mol. The molecule has 0 fully saturated rings. The molecule has 0 spiro atoms. The van der Waals surface area contributed by atoms with Crippen LogP contribution >= 0.6 is 0 Å². The normalized spacial score (nSPS) is 8.38. The maximum atomic E-state index is 10.6. The summed E-state index contributed by atoms with van der Waals surface area (Å²) in [5.41, 5.74) is 0. The maximum absolute atomic E-state index is 10.6. The van der Waals surface area contributed by atoms with E-state index in [1.54, 1.807) is 12.2 Å². The highest BCUT2D eigenvalue weighted by Gasteiger charge is 2.11. The summed E-state index contributed by atoms with van der Waals surface area (Å²) in [5, 5.41) is 1.66. The molecular formula is C7H9NO5. The number of hydrogen-bond acceptors (Lipinski definition) is 5. The zero-order valence-corrected chi connectivity index (χ0v) is 7.03. The van der Waals surface area contributed by atoms with E-state index in [0.717, 1.165) is 6.08 Å². The number of ether oxygens (including phenoxy) is 2. The molecule has 6 heteroatoms. The summed E-state index contributed by atoms with van der Waals surface area (Å²) in [4.78, 5) is 31.6. The quantitative estimate of drug-likeness (QED) is 0.388. The van der Waals surface area contributed by atoms with E-state index in [1.807, 2.05) is 0 Å². The highest BCUT2D eigenvalue weighted by atomic mass is 16.6. The van der Waals surface area contributed by atoms with Crippen LogP contribution in [0.25, 0.3) is 0 Å². The molecular weight excluding hydrogens is 178 g/mol. The lowest BCUT2D eigenvalue weighted by molar-refractivity contribution is -0.131. The first-order chi connectivity index (χ1) is 6.10. The van der Waals surface area contributed by atoms with Crippen LogP contribution in [-0.4, -0.2) is 24.8 Å². The number of amides is 2. The third kappa shape index (κ3) is 5.42. The molecule has 0 atom stereocenters. The highest BCUT2D eigenvalue weighted by Crippen LogP contribution is 1.83. The van der Waals surface area contributed by atoms with E-state index in [-0.39, 0.29) is 6.61 Å². The number of alkyl carbamates (subject to hydrolysis) is 2. The van der Waals surface area contributed by atoms with Gasteiger partial charge in [-0.15, -0.1) is 0 Å². The standard InChI is InChI=1S/C7H9NO5/c1-3-5(9)13-7(11)8-6(10)12-4-2/h3H,1,4H2,2H3,(H,8,10,11). The van der Waals surface area contributed by atoms with E-state index in [1.165, 1.54) is 0 Å². The van der Waals surface area contributed by atoms with Crippen molar-refractivity contribution in [2.24, 2.45) is 0 Å². The molecule has 0 radical (unpaired) electrons. The van der Waals surface area contributed by atoms with E-state index >= 15 is 0 Å². The molecule has 0 aromatic heterocycles. The van der Waals surface area contributed by atoms with Gasteiger partial charge < -0.3 is 9.47 Å². The van der Waals surface area contributed by atoms with Crippen LogP contribution in [0.2, 0.25) is 0 Å². The first kappa shape index (κ1) is 11.2. The molecule has 1 N–H and O–H groups in total. The van der Waals surface area contributed by atoms with Crippen molar-refractivity contribution in [2.45, 2.75) is 6.92 Å². The fourth-order valence-electron chi connectivity index (χ4n) is 0.409. The van der Waals surface area contributed by atoms with Gasteiger partial charge in [0.25, 0.3) is 0 Å². The molecule has 13 heavy (non-hydrogen) atoms. The molecule has 0 aromatic carbocycles. The fraction of sp³-hybridized carbons (Fsp3) is 0.286. The van der Waals surface area contributed by atoms with E-state index in [2.05, 4.69) is 16.1 Å². The summed E-state index contributed by atoms with van der Waals surface area (Å²) in [6.45, 7) is 4.75. The summed E-state index contributed by atoms with van der Waals surface area (Å²) in [6, 6.07) is 0. The van der Waals surface area contributed by atoms with Gasteiger partial charge in [0.1, 0.15) is 0 Å². The molecule has 0 aliphatic carbocycles. The van der Waals surface area contributed by atoms with Crippen LogP contribution in [-0.2, 0) is 14.3 Å². The molecule has 72 valence electrons. The molecule has 0 rings (SSSR count). The summed E-state index contributed by atoms with van der Waals surface area (Å²) < 4.78 is 8.35. The second kappa shape index (κ2) is 5.76. The van der Waals surface area contributed by atoms with Crippen LogP contribution in [0.4, 0.5) is 9.59 Å². The predicted octanol–water partition coefficient (Wildman–Crippen LogP) is 0.582. The fourth-order valence-corrected chi connectivity index (χ4v) is 0.409. The van der Waals surface area contributed by atoms with Crippen molar-refractivity contribution in [1.82, 2.24) is 5.32 Å². The lowest BCUT2D eigenvalue weighted by Gasteiger charge is -2.01.